The van der Waals surface area contributed by atoms with E-state index in [1.807, 2.05) is 44.3 Å². The molecule has 0 spiro atoms. The second-order valence-corrected chi connectivity index (χ2v) is 4.56. The number of carboxylic acids is 1. The number of nitrogens with zero attached hydrogens (tertiary/aromatic N) is 2. The van der Waals surface area contributed by atoms with E-state index in [9.17, 15) is 4.79 Å². The molecule has 6 heteroatoms. The fourth-order valence-electron chi connectivity index (χ4n) is 1.52. The van der Waals surface area contributed by atoms with E-state index >= 15 is 0 Å². The molecular weight excluding hydrogens is 268 g/mol. The molecule has 0 fully saturated rings. The van der Waals surface area contributed by atoms with Gasteiger partial charge in [-0.3, -0.25) is 10.1 Å². The second-order valence-electron chi connectivity index (χ2n) is 4.56. The summed E-state index contributed by atoms with van der Waals surface area (Å²) in [4.78, 5) is 14.7. The van der Waals surface area contributed by atoms with Gasteiger partial charge in [-0.25, -0.2) is 4.99 Å². The number of hydrogen-bond acceptors (Lipinski definition) is 3. The maximum Gasteiger partial charge on any atom is 0.307 e. The van der Waals surface area contributed by atoms with Crippen molar-refractivity contribution in [3.05, 3.63) is 35.9 Å². The third-order valence-corrected chi connectivity index (χ3v) is 2.34. The molecule has 6 nitrogen and oxygen atoms in total. The van der Waals surface area contributed by atoms with Crippen LogP contribution in [0.2, 0.25) is 0 Å². The predicted octanol–water partition coefficient (Wildman–Crippen LogP) is 2.42. The van der Waals surface area contributed by atoms with Gasteiger partial charge in [0, 0.05) is 11.7 Å². The monoisotopic (exact) mass is 286 g/mol. The molecule has 0 radical (unpaired) electrons. The highest BCUT2D eigenvalue weighted by atomic mass is 16.4. The normalized spacial score (nSPS) is 11.4. The van der Waals surface area contributed by atoms with Crippen LogP contribution < -0.4 is 10.6 Å². The molecule has 1 rings (SSSR count). The van der Waals surface area contributed by atoms with Gasteiger partial charge in [0.1, 0.15) is 0 Å². The molecule has 0 aliphatic carbocycles. The van der Waals surface area contributed by atoms with Gasteiger partial charge in [0.2, 0.25) is 5.96 Å². The fraction of sp³-hybridized carbons (Fsp3) is 0.267. The zero-order chi connectivity index (χ0) is 15.7. The van der Waals surface area contributed by atoms with E-state index in [4.69, 9.17) is 10.4 Å². The van der Waals surface area contributed by atoms with E-state index in [-0.39, 0.29) is 12.5 Å². The number of carboxylic acid groups (broad SMARTS) is 1. The minimum atomic E-state index is -0.860. The van der Waals surface area contributed by atoms with Crippen molar-refractivity contribution >= 4 is 23.7 Å². The first kappa shape index (κ1) is 16.2. The summed E-state index contributed by atoms with van der Waals surface area (Å²) in [5.74, 6) is -0.469. The largest absolute Gasteiger partial charge is 0.481 e. The fourth-order valence-corrected chi connectivity index (χ4v) is 1.52. The summed E-state index contributed by atoms with van der Waals surface area (Å²) in [6.07, 6.45) is 5.17. The molecule has 0 saturated carbocycles. The van der Waals surface area contributed by atoms with Crippen LogP contribution in [0.1, 0.15) is 25.8 Å². The molecule has 3 N–H and O–H groups in total. The zero-order valence-corrected chi connectivity index (χ0v) is 12.0. The van der Waals surface area contributed by atoms with Gasteiger partial charge in [0.25, 0.3) is 0 Å². The van der Waals surface area contributed by atoms with Crippen molar-refractivity contribution in [2.45, 2.75) is 26.3 Å². The van der Waals surface area contributed by atoms with Crippen molar-refractivity contribution in [1.29, 1.82) is 5.26 Å². The van der Waals surface area contributed by atoms with Crippen LogP contribution in [0.4, 0.5) is 5.69 Å². The topological polar surface area (TPSA) is 97.5 Å². The summed E-state index contributed by atoms with van der Waals surface area (Å²) in [5, 5.41) is 22.7. The smallest absolute Gasteiger partial charge is 0.307 e. The number of guanidine groups is 1. The SMILES string of the molecule is CC(C)N=C(NC#N)Nc1ccc(/C=C/CC(=O)O)cc1. The summed E-state index contributed by atoms with van der Waals surface area (Å²) >= 11 is 0. The number of nitriles is 1. The Labute approximate surface area is 123 Å². The van der Waals surface area contributed by atoms with Crippen LogP contribution in [0, 0.1) is 11.5 Å². The quantitative estimate of drug-likeness (QED) is 0.334. The molecule has 1 aromatic carbocycles. The van der Waals surface area contributed by atoms with Gasteiger partial charge >= 0.3 is 5.97 Å². The van der Waals surface area contributed by atoms with Crippen molar-refractivity contribution in [1.82, 2.24) is 5.32 Å². The molecule has 0 aliphatic rings. The Morgan fingerprint density at radius 1 is 1.43 bits per heavy atom. The molecule has 0 heterocycles. The molecule has 21 heavy (non-hydrogen) atoms. The molecule has 0 atom stereocenters. The number of anilines is 1. The Morgan fingerprint density at radius 3 is 2.62 bits per heavy atom. The van der Waals surface area contributed by atoms with E-state index in [1.165, 1.54) is 0 Å². The molecule has 0 unspecified atom stereocenters. The molecule has 1 aromatic rings. The second kappa shape index (κ2) is 8.38. The average Bonchev–Trinajstić information content (AvgIpc) is 2.40. The Kier molecular flexibility index (Phi) is 6.48. The molecule has 0 aliphatic heterocycles. The minimum absolute atomic E-state index is 0.00269. The lowest BCUT2D eigenvalue weighted by molar-refractivity contribution is -0.135. The van der Waals surface area contributed by atoms with Crippen molar-refractivity contribution < 1.29 is 9.90 Å². The lowest BCUT2D eigenvalue weighted by atomic mass is 10.2. The Morgan fingerprint density at radius 2 is 2.10 bits per heavy atom. The van der Waals surface area contributed by atoms with E-state index in [0.29, 0.717) is 5.96 Å². The Hall–Kier alpha value is -2.81. The highest BCUT2D eigenvalue weighted by Gasteiger charge is 2.00. The standard InChI is InChI=1S/C15H18N4O2/c1-11(2)18-15(17-10-16)19-13-8-6-12(7-9-13)4-3-5-14(20)21/h3-4,6-9,11H,5H2,1-2H3,(H,20,21)(H2,17,18,19)/b4-3+. The summed E-state index contributed by atoms with van der Waals surface area (Å²) in [7, 11) is 0. The molecular formula is C15H18N4O2. The van der Waals surface area contributed by atoms with Crippen LogP contribution in [0.5, 0.6) is 0 Å². The van der Waals surface area contributed by atoms with Gasteiger partial charge in [-0.1, -0.05) is 24.3 Å². The number of rotatable bonds is 5. The van der Waals surface area contributed by atoms with Crippen LogP contribution in [0.25, 0.3) is 6.08 Å². The van der Waals surface area contributed by atoms with Crippen LogP contribution in [0.15, 0.2) is 35.3 Å². The summed E-state index contributed by atoms with van der Waals surface area (Å²) in [6, 6.07) is 7.41. The first-order valence-electron chi connectivity index (χ1n) is 6.49. The predicted molar refractivity (Wildman–Crippen MR) is 82.7 cm³/mol. The molecule has 0 aromatic heterocycles. The minimum Gasteiger partial charge on any atom is -0.481 e. The third kappa shape index (κ3) is 6.78. The van der Waals surface area contributed by atoms with Crippen molar-refractivity contribution in [2.75, 3.05) is 5.32 Å². The lowest BCUT2D eigenvalue weighted by Gasteiger charge is -2.09. The number of aliphatic carboxylic acids is 1. The lowest BCUT2D eigenvalue weighted by Crippen LogP contribution is -2.27. The van der Waals surface area contributed by atoms with Gasteiger partial charge in [-0.05, 0) is 31.5 Å². The molecule has 0 bridgehead atoms. The summed E-state index contributed by atoms with van der Waals surface area (Å²) < 4.78 is 0. The van der Waals surface area contributed by atoms with Crippen molar-refractivity contribution in [2.24, 2.45) is 4.99 Å². The van der Waals surface area contributed by atoms with Gasteiger partial charge < -0.3 is 10.4 Å². The van der Waals surface area contributed by atoms with Crippen molar-refractivity contribution in [3.63, 3.8) is 0 Å². The Balaban J connectivity index is 2.71. The van der Waals surface area contributed by atoms with Crippen LogP contribution >= 0.6 is 0 Å². The van der Waals surface area contributed by atoms with Crippen LogP contribution in [-0.2, 0) is 4.79 Å². The van der Waals surface area contributed by atoms with Gasteiger partial charge in [-0.15, -0.1) is 0 Å². The van der Waals surface area contributed by atoms with Crippen LogP contribution in [0.3, 0.4) is 0 Å². The number of carbonyl (C=O) groups is 1. The number of hydrogen-bond donors (Lipinski definition) is 3. The highest BCUT2D eigenvalue weighted by molar-refractivity contribution is 5.94. The van der Waals surface area contributed by atoms with E-state index in [0.717, 1.165) is 11.3 Å². The van der Waals surface area contributed by atoms with E-state index < -0.39 is 5.97 Å². The maximum atomic E-state index is 10.4. The average molecular weight is 286 g/mol. The highest BCUT2D eigenvalue weighted by Crippen LogP contribution is 2.11. The Bertz CT molecular complexity index is 568. The van der Waals surface area contributed by atoms with Crippen molar-refractivity contribution in [3.8, 4) is 6.19 Å². The first-order chi connectivity index (χ1) is 10.0. The number of benzene rings is 1. The third-order valence-electron chi connectivity index (χ3n) is 2.34. The van der Waals surface area contributed by atoms with E-state index in [2.05, 4.69) is 15.6 Å². The summed E-state index contributed by atoms with van der Waals surface area (Å²) in [6.45, 7) is 3.83. The van der Waals surface area contributed by atoms with E-state index in [1.54, 1.807) is 12.2 Å². The summed E-state index contributed by atoms with van der Waals surface area (Å²) in [5.41, 5.74) is 1.69. The zero-order valence-electron chi connectivity index (χ0n) is 12.0. The molecule has 110 valence electrons. The number of aliphatic imine (C=N–C) groups is 1. The van der Waals surface area contributed by atoms with Gasteiger partial charge in [0.05, 0.1) is 6.42 Å². The maximum absolute atomic E-state index is 10.4. The van der Waals surface area contributed by atoms with Gasteiger partial charge in [0.15, 0.2) is 6.19 Å². The molecule has 0 saturated heterocycles. The van der Waals surface area contributed by atoms with Crippen LogP contribution in [-0.4, -0.2) is 23.1 Å². The first-order valence-corrected chi connectivity index (χ1v) is 6.49. The molecule has 0 amide bonds. The van der Waals surface area contributed by atoms with Gasteiger partial charge in [-0.2, -0.15) is 5.26 Å². The number of nitrogens with one attached hydrogen (secondary N) is 2.